The molecule has 1 rings (SSSR count). The Morgan fingerprint density at radius 1 is 1.28 bits per heavy atom. The minimum atomic E-state index is 0.313. The summed E-state index contributed by atoms with van der Waals surface area (Å²) < 4.78 is 5.10. The van der Waals surface area contributed by atoms with Crippen LogP contribution in [0.15, 0.2) is 0 Å². The van der Waals surface area contributed by atoms with E-state index in [1.165, 1.54) is 0 Å². The topological polar surface area (TPSA) is 32.8 Å². The molecule has 1 aliphatic rings. The van der Waals surface area contributed by atoms with Crippen LogP contribution in [0.1, 0.15) is 40.0 Å². The lowest BCUT2D eigenvalue weighted by Gasteiger charge is -2.44. The number of piperazine rings is 1. The Bertz CT molecular complexity index is 246. The van der Waals surface area contributed by atoms with E-state index in [0.717, 1.165) is 39.1 Å². The smallest absolute Gasteiger partial charge is 0.222 e. The van der Waals surface area contributed by atoms with E-state index in [9.17, 15) is 4.79 Å². The van der Waals surface area contributed by atoms with E-state index in [1.54, 1.807) is 7.11 Å². The Morgan fingerprint density at radius 3 is 2.39 bits per heavy atom. The monoisotopic (exact) mass is 256 g/mol. The third-order valence-electron chi connectivity index (χ3n) is 3.68. The highest BCUT2D eigenvalue weighted by Crippen LogP contribution is 2.17. The second kappa shape index (κ2) is 7.74. The molecule has 0 spiro atoms. The summed E-state index contributed by atoms with van der Waals surface area (Å²) >= 11 is 0. The Labute approximate surface area is 111 Å². The average molecular weight is 256 g/mol. The molecular formula is C14H28N2O2. The molecule has 4 heteroatoms. The number of amides is 1. The first kappa shape index (κ1) is 15.4. The maximum absolute atomic E-state index is 11.9. The molecule has 1 saturated heterocycles. The van der Waals surface area contributed by atoms with Crippen LogP contribution in [0.25, 0.3) is 0 Å². The molecule has 0 saturated carbocycles. The second-order valence-corrected chi connectivity index (χ2v) is 5.33. The molecule has 106 valence electrons. The van der Waals surface area contributed by atoms with Crippen molar-refractivity contribution >= 4 is 5.91 Å². The predicted molar refractivity (Wildman–Crippen MR) is 73.6 cm³/mol. The van der Waals surface area contributed by atoms with Crippen molar-refractivity contribution in [1.82, 2.24) is 9.80 Å². The summed E-state index contributed by atoms with van der Waals surface area (Å²) in [5, 5.41) is 0. The Morgan fingerprint density at radius 2 is 1.89 bits per heavy atom. The Balaban J connectivity index is 2.46. The standard InChI is InChI=1S/C14H28N2O2/c1-5-7-14(17)15-10-12(2)16(13(3)11-15)8-6-9-18-4/h12-13H,5-11H2,1-4H3. The van der Waals surface area contributed by atoms with Crippen molar-refractivity contribution < 1.29 is 9.53 Å². The lowest BCUT2D eigenvalue weighted by Crippen LogP contribution is -2.58. The lowest BCUT2D eigenvalue weighted by molar-refractivity contribution is -0.135. The summed E-state index contributed by atoms with van der Waals surface area (Å²) in [5.74, 6) is 0.313. The summed E-state index contributed by atoms with van der Waals surface area (Å²) in [4.78, 5) is 16.5. The van der Waals surface area contributed by atoms with Crippen LogP contribution in [0.4, 0.5) is 0 Å². The zero-order valence-electron chi connectivity index (χ0n) is 12.3. The third kappa shape index (κ3) is 4.25. The molecule has 0 aromatic carbocycles. The molecule has 2 atom stereocenters. The second-order valence-electron chi connectivity index (χ2n) is 5.33. The minimum Gasteiger partial charge on any atom is -0.385 e. The number of carbonyl (C=O) groups is 1. The van der Waals surface area contributed by atoms with Crippen LogP contribution < -0.4 is 0 Å². The molecule has 0 bridgehead atoms. The van der Waals surface area contributed by atoms with E-state index < -0.39 is 0 Å². The highest BCUT2D eigenvalue weighted by atomic mass is 16.5. The van der Waals surface area contributed by atoms with Gasteiger partial charge in [0.1, 0.15) is 0 Å². The van der Waals surface area contributed by atoms with Gasteiger partial charge in [-0.2, -0.15) is 0 Å². The van der Waals surface area contributed by atoms with Crippen LogP contribution in [0.3, 0.4) is 0 Å². The summed E-state index contributed by atoms with van der Waals surface area (Å²) in [6.45, 7) is 10.1. The van der Waals surface area contributed by atoms with Crippen molar-refractivity contribution in [2.24, 2.45) is 0 Å². The zero-order chi connectivity index (χ0) is 13.5. The molecule has 1 amide bonds. The van der Waals surface area contributed by atoms with Gasteiger partial charge in [0.25, 0.3) is 0 Å². The molecule has 0 aliphatic carbocycles. The Kier molecular flexibility index (Phi) is 6.65. The molecule has 2 unspecified atom stereocenters. The normalized spacial score (nSPS) is 25.4. The first-order chi connectivity index (χ1) is 8.60. The van der Waals surface area contributed by atoms with Crippen molar-refractivity contribution in [3.63, 3.8) is 0 Å². The lowest BCUT2D eigenvalue weighted by atomic mass is 10.1. The molecule has 1 aliphatic heterocycles. The number of rotatable bonds is 6. The van der Waals surface area contributed by atoms with E-state index in [-0.39, 0.29) is 0 Å². The van der Waals surface area contributed by atoms with Gasteiger partial charge in [-0.15, -0.1) is 0 Å². The maximum Gasteiger partial charge on any atom is 0.222 e. The molecular weight excluding hydrogens is 228 g/mol. The highest BCUT2D eigenvalue weighted by Gasteiger charge is 2.30. The van der Waals surface area contributed by atoms with Gasteiger partial charge < -0.3 is 9.64 Å². The Hall–Kier alpha value is -0.610. The molecule has 0 radical (unpaired) electrons. The fourth-order valence-electron chi connectivity index (χ4n) is 2.76. The predicted octanol–water partition coefficient (Wildman–Crippen LogP) is 1.74. The molecule has 0 aromatic rings. The summed E-state index contributed by atoms with van der Waals surface area (Å²) in [5.41, 5.74) is 0. The fraction of sp³-hybridized carbons (Fsp3) is 0.929. The van der Waals surface area contributed by atoms with Gasteiger partial charge in [0.2, 0.25) is 5.91 Å². The van der Waals surface area contributed by atoms with Crippen molar-refractivity contribution in [2.75, 3.05) is 33.4 Å². The first-order valence-corrected chi connectivity index (χ1v) is 7.12. The molecule has 0 aromatic heterocycles. The van der Waals surface area contributed by atoms with Crippen LogP contribution >= 0.6 is 0 Å². The van der Waals surface area contributed by atoms with Crippen LogP contribution in [0.2, 0.25) is 0 Å². The van der Waals surface area contributed by atoms with Crippen molar-refractivity contribution in [1.29, 1.82) is 0 Å². The van der Waals surface area contributed by atoms with Crippen LogP contribution in [-0.2, 0) is 9.53 Å². The van der Waals surface area contributed by atoms with Gasteiger partial charge in [0.15, 0.2) is 0 Å². The molecule has 18 heavy (non-hydrogen) atoms. The number of methoxy groups -OCH3 is 1. The van der Waals surface area contributed by atoms with Crippen LogP contribution in [0.5, 0.6) is 0 Å². The number of nitrogens with zero attached hydrogens (tertiary/aromatic N) is 2. The molecule has 0 N–H and O–H groups in total. The van der Waals surface area contributed by atoms with E-state index in [0.29, 0.717) is 24.4 Å². The molecule has 4 nitrogen and oxygen atoms in total. The highest BCUT2D eigenvalue weighted by molar-refractivity contribution is 5.76. The van der Waals surface area contributed by atoms with Crippen molar-refractivity contribution in [3.8, 4) is 0 Å². The van der Waals surface area contributed by atoms with Crippen molar-refractivity contribution in [2.45, 2.75) is 52.1 Å². The number of hydrogen-bond acceptors (Lipinski definition) is 3. The van der Waals surface area contributed by atoms with Gasteiger partial charge in [-0.1, -0.05) is 6.92 Å². The zero-order valence-corrected chi connectivity index (χ0v) is 12.3. The van der Waals surface area contributed by atoms with E-state index in [1.807, 2.05) is 4.90 Å². The fourth-order valence-corrected chi connectivity index (χ4v) is 2.76. The number of ether oxygens (including phenoxy) is 1. The van der Waals surface area contributed by atoms with Gasteiger partial charge in [0, 0.05) is 51.9 Å². The quantitative estimate of drug-likeness (QED) is 0.679. The van der Waals surface area contributed by atoms with E-state index in [2.05, 4.69) is 25.7 Å². The van der Waals surface area contributed by atoms with Crippen LogP contribution in [0, 0.1) is 0 Å². The van der Waals surface area contributed by atoms with Gasteiger partial charge in [-0.3, -0.25) is 9.69 Å². The minimum absolute atomic E-state index is 0.313. The number of hydrogen-bond donors (Lipinski definition) is 0. The van der Waals surface area contributed by atoms with E-state index in [4.69, 9.17) is 4.74 Å². The molecule has 1 heterocycles. The SMILES string of the molecule is CCCC(=O)N1CC(C)N(CCCOC)C(C)C1. The average Bonchev–Trinajstić information content (AvgIpc) is 2.32. The van der Waals surface area contributed by atoms with E-state index >= 15 is 0 Å². The van der Waals surface area contributed by atoms with Gasteiger partial charge in [-0.05, 0) is 26.7 Å². The van der Waals surface area contributed by atoms with Gasteiger partial charge in [0.05, 0.1) is 0 Å². The third-order valence-corrected chi connectivity index (χ3v) is 3.68. The first-order valence-electron chi connectivity index (χ1n) is 7.12. The number of carbonyl (C=O) groups excluding carboxylic acids is 1. The van der Waals surface area contributed by atoms with Crippen LogP contribution in [-0.4, -0.2) is 61.1 Å². The summed E-state index contributed by atoms with van der Waals surface area (Å²) in [6.07, 6.45) is 2.69. The summed E-state index contributed by atoms with van der Waals surface area (Å²) in [6, 6.07) is 0.901. The van der Waals surface area contributed by atoms with Gasteiger partial charge >= 0.3 is 0 Å². The summed E-state index contributed by atoms with van der Waals surface area (Å²) in [7, 11) is 1.74. The van der Waals surface area contributed by atoms with Gasteiger partial charge in [-0.25, -0.2) is 0 Å². The maximum atomic E-state index is 11.9. The largest absolute Gasteiger partial charge is 0.385 e. The van der Waals surface area contributed by atoms with Crippen molar-refractivity contribution in [3.05, 3.63) is 0 Å². The molecule has 1 fully saturated rings.